The number of aromatic nitrogens is 3. The van der Waals surface area contributed by atoms with Gasteiger partial charge in [-0.2, -0.15) is 4.31 Å². The summed E-state index contributed by atoms with van der Waals surface area (Å²) in [7, 11) is 1.93. The van der Waals surface area contributed by atoms with Gasteiger partial charge in [0.1, 0.15) is 11.9 Å². The summed E-state index contributed by atoms with van der Waals surface area (Å²) in [6.45, 7) is 0.857. The molecular formula is C15H21N5O3S. The Hall–Kier alpha value is -1.97. The largest absolute Gasteiger partial charge is 0.369 e. The molecule has 1 aliphatic rings. The van der Waals surface area contributed by atoms with Crippen molar-refractivity contribution in [1.29, 1.82) is 0 Å². The zero-order chi connectivity index (χ0) is 17.3. The fraction of sp³-hybridized carbons (Fsp3) is 0.467. The third-order valence-electron chi connectivity index (χ3n) is 3.86. The number of aryl methyl sites for hydroxylation is 1. The van der Waals surface area contributed by atoms with Gasteiger partial charge in [0.25, 0.3) is 10.0 Å². The first-order valence-electron chi connectivity index (χ1n) is 7.62. The zero-order valence-electron chi connectivity index (χ0n) is 14.0. The van der Waals surface area contributed by atoms with Gasteiger partial charge in [0, 0.05) is 40.4 Å². The lowest BCUT2D eigenvalue weighted by Gasteiger charge is -2.31. The summed E-state index contributed by atoms with van der Waals surface area (Å²) in [6, 6.07) is 5.65. The summed E-state index contributed by atoms with van der Waals surface area (Å²) < 4.78 is 34.2. The highest BCUT2D eigenvalue weighted by Gasteiger charge is 2.33. The van der Waals surface area contributed by atoms with Gasteiger partial charge >= 0.3 is 0 Å². The third-order valence-corrected chi connectivity index (χ3v) is 5.61. The summed E-state index contributed by atoms with van der Waals surface area (Å²) in [4.78, 5) is 10.4. The highest BCUT2D eigenvalue weighted by atomic mass is 32.2. The Labute approximate surface area is 141 Å². The van der Waals surface area contributed by atoms with Crippen LogP contribution in [0.4, 0.5) is 5.82 Å². The number of pyridine rings is 1. The molecule has 0 N–H and O–H groups in total. The number of morpholine rings is 1. The Kier molecular flexibility index (Phi) is 4.57. The van der Waals surface area contributed by atoms with Crippen molar-refractivity contribution >= 4 is 15.8 Å². The van der Waals surface area contributed by atoms with Crippen LogP contribution in [0.15, 0.2) is 35.7 Å². The second-order valence-electron chi connectivity index (χ2n) is 5.91. The Balaban J connectivity index is 1.83. The minimum Gasteiger partial charge on any atom is -0.369 e. The number of imidazole rings is 1. The van der Waals surface area contributed by atoms with E-state index in [1.165, 1.54) is 16.8 Å². The van der Waals surface area contributed by atoms with Crippen LogP contribution in [0.1, 0.15) is 11.8 Å². The maximum absolute atomic E-state index is 12.7. The van der Waals surface area contributed by atoms with E-state index in [0.717, 1.165) is 11.5 Å². The van der Waals surface area contributed by atoms with Crippen LogP contribution in [0.5, 0.6) is 0 Å². The molecule has 9 heteroatoms. The first-order chi connectivity index (χ1) is 11.4. The molecule has 1 aliphatic heterocycles. The van der Waals surface area contributed by atoms with E-state index in [4.69, 9.17) is 4.74 Å². The van der Waals surface area contributed by atoms with Gasteiger partial charge in [0.2, 0.25) is 0 Å². The van der Waals surface area contributed by atoms with Crippen molar-refractivity contribution < 1.29 is 13.2 Å². The van der Waals surface area contributed by atoms with Crippen molar-refractivity contribution in [3.63, 3.8) is 0 Å². The van der Waals surface area contributed by atoms with Gasteiger partial charge in [-0.05, 0) is 12.1 Å². The molecule has 0 aliphatic carbocycles. The molecule has 0 spiro atoms. The van der Waals surface area contributed by atoms with Crippen LogP contribution in [-0.2, 0) is 21.8 Å². The molecular weight excluding hydrogens is 330 g/mol. The maximum atomic E-state index is 12.7. The van der Waals surface area contributed by atoms with Crippen molar-refractivity contribution in [3.8, 4) is 0 Å². The molecule has 0 amide bonds. The Morgan fingerprint density at radius 3 is 2.79 bits per heavy atom. The number of ether oxygens (including phenoxy) is 1. The molecule has 1 atom stereocenters. The molecule has 0 saturated carbocycles. The number of rotatable bonds is 4. The molecule has 130 valence electrons. The van der Waals surface area contributed by atoms with E-state index >= 15 is 0 Å². The summed E-state index contributed by atoms with van der Waals surface area (Å²) in [5, 5.41) is 0.0562. The number of hydrogen-bond donors (Lipinski definition) is 0. The quantitative estimate of drug-likeness (QED) is 0.804. The van der Waals surface area contributed by atoms with Gasteiger partial charge in [-0.25, -0.2) is 18.4 Å². The fourth-order valence-corrected chi connectivity index (χ4v) is 3.94. The van der Waals surface area contributed by atoms with Crippen LogP contribution in [0.3, 0.4) is 0 Å². The summed E-state index contributed by atoms with van der Waals surface area (Å²) in [5.74, 6) is 0.806. The first kappa shape index (κ1) is 16.9. The molecule has 0 bridgehead atoms. The van der Waals surface area contributed by atoms with Crippen molar-refractivity contribution in [2.45, 2.75) is 11.1 Å². The predicted octanol–water partition coefficient (Wildman–Crippen LogP) is 0.643. The average Bonchev–Trinajstić information content (AvgIpc) is 3.02. The molecule has 1 saturated heterocycles. The topological polar surface area (TPSA) is 80.6 Å². The molecule has 2 aromatic rings. The molecule has 3 rings (SSSR count). The molecule has 0 unspecified atom stereocenters. The second kappa shape index (κ2) is 6.50. The van der Waals surface area contributed by atoms with Crippen LogP contribution >= 0.6 is 0 Å². The number of nitrogens with zero attached hydrogens (tertiary/aromatic N) is 5. The molecule has 0 radical (unpaired) electrons. The fourth-order valence-electron chi connectivity index (χ4n) is 2.55. The first-order valence-corrected chi connectivity index (χ1v) is 9.06. The highest BCUT2D eigenvalue weighted by molar-refractivity contribution is 7.89. The highest BCUT2D eigenvalue weighted by Crippen LogP contribution is 2.26. The van der Waals surface area contributed by atoms with E-state index in [-0.39, 0.29) is 11.6 Å². The number of anilines is 1. The molecule has 8 nitrogen and oxygen atoms in total. The molecule has 3 heterocycles. The monoisotopic (exact) mass is 351 g/mol. The number of hydrogen-bond acceptors (Lipinski definition) is 6. The zero-order valence-corrected chi connectivity index (χ0v) is 14.8. The van der Waals surface area contributed by atoms with E-state index in [1.54, 1.807) is 11.6 Å². The standard InChI is InChI=1S/C15H21N5O3S/c1-18(2)14-6-4-5-12(17-14)13-9-20(7-8-23-13)24(21,22)15-10-19(3)11-16-15/h4-6,10-11,13H,7-9H2,1-3H3/t13-/m1/s1. The summed E-state index contributed by atoms with van der Waals surface area (Å²) in [6.07, 6.45) is 2.59. The third kappa shape index (κ3) is 3.28. The maximum Gasteiger partial charge on any atom is 0.262 e. The Bertz CT molecular complexity index is 818. The average molecular weight is 351 g/mol. The Morgan fingerprint density at radius 2 is 2.12 bits per heavy atom. The van der Waals surface area contributed by atoms with Gasteiger partial charge in [-0.15, -0.1) is 0 Å². The second-order valence-corrected chi connectivity index (χ2v) is 7.80. The van der Waals surface area contributed by atoms with Crippen LogP contribution in [-0.4, -0.2) is 61.0 Å². The molecule has 1 fully saturated rings. The van der Waals surface area contributed by atoms with Crippen LogP contribution in [0, 0.1) is 0 Å². The molecule has 0 aromatic carbocycles. The van der Waals surface area contributed by atoms with E-state index in [0.29, 0.717) is 13.2 Å². The van der Waals surface area contributed by atoms with E-state index < -0.39 is 16.1 Å². The van der Waals surface area contributed by atoms with Gasteiger partial charge in [0.15, 0.2) is 5.03 Å². The molecule has 24 heavy (non-hydrogen) atoms. The number of sulfonamides is 1. The van der Waals surface area contributed by atoms with Crippen molar-refractivity contribution in [2.24, 2.45) is 7.05 Å². The summed E-state index contributed by atoms with van der Waals surface area (Å²) in [5.41, 5.74) is 0.724. The van der Waals surface area contributed by atoms with Crippen LogP contribution in [0.2, 0.25) is 0 Å². The van der Waals surface area contributed by atoms with E-state index in [9.17, 15) is 8.42 Å². The molecule has 2 aromatic heterocycles. The minimum absolute atomic E-state index is 0.0562. The lowest BCUT2D eigenvalue weighted by Crippen LogP contribution is -2.42. The van der Waals surface area contributed by atoms with Crippen molar-refractivity contribution in [3.05, 3.63) is 36.4 Å². The van der Waals surface area contributed by atoms with Crippen molar-refractivity contribution in [2.75, 3.05) is 38.7 Å². The predicted molar refractivity (Wildman–Crippen MR) is 89.2 cm³/mol. The van der Waals surface area contributed by atoms with E-state index in [2.05, 4.69) is 9.97 Å². The SMILES string of the molecule is CN(C)c1cccc([C@H]2CN(S(=O)(=O)c3cn(C)cn3)CCO2)n1. The van der Waals surface area contributed by atoms with Gasteiger partial charge in [-0.3, -0.25) is 0 Å². The van der Waals surface area contributed by atoms with Gasteiger partial charge in [-0.1, -0.05) is 6.07 Å². The minimum atomic E-state index is -3.63. The van der Waals surface area contributed by atoms with Gasteiger partial charge < -0.3 is 14.2 Å². The van der Waals surface area contributed by atoms with Crippen molar-refractivity contribution in [1.82, 2.24) is 18.8 Å². The smallest absolute Gasteiger partial charge is 0.262 e. The van der Waals surface area contributed by atoms with Crippen LogP contribution < -0.4 is 4.90 Å². The Morgan fingerprint density at radius 1 is 1.33 bits per heavy atom. The summed E-state index contributed by atoms with van der Waals surface area (Å²) >= 11 is 0. The van der Waals surface area contributed by atoms with Gasteiger partial charge in [0.05, 0.1) is 18.6 Å². The normalized spacial score (nSPS) is 19.4. The lowest BCUT2D eigenvalue weighted by atomic mass is 10.2. The lowest BCUT2D eigenvalue weighted by molar-refractivity contribution is -0.00494. The van der Waals surface area contributed by atoms with E-state index in [1.807, 2.05) is 37.2 Å². The van der Waals surface area contributed by atoms with Crippen LogP contribution in [0.25, 0.3) is 0 Å².